The number of carbonyl (C=O) groups excluding carboxylic acids is 3. The molecule has 212 valence electrons. The van der Waals surface area contributed by atoms with Gasteiger partial charge in [0.25, 0.3) is 0 Å². The average molecular weight is 553 g/mol. The van der Waals surface area contributed by atoms with Crippen LogP contribution in [0.2, 0.25) is 0 Å². The van der Waals surface area contributed by atoms with Crippen molar-refractivity contribution in [2.45, 2.75) is 62.9 Å². The Labute approximate surface area is 241 Å². The lowest BCUT2D eigenvalue weighted by atomic mass is 9.76. The highest BCUT2D eigenvalue weighted by atomic mass is 16.6. The summed E-state index contributed by atoms with van der Waals surface area (Å²) in [7, 11) is 0. The zero-order valence-electron chi connectivity index (χ0n) is 23.7. The van der Waals surface area contributed by atoms with E-state index in [2.05, 4.69) is 6.58 Å². The summed E-state index contributed by atoms with van der Waals surface area (Å²) in [5.74, 6) is -0.840. The predicted molar refractivity (Wildman–Crippen MR) is 156 cm³/mol. The number of rotatable bonds is 9. The summed E-state index contributed by atoms with van der Waals surface area (Å²) in [6.07, 6.45) is 1.51. The second-order valence-corrected chi connectivity index (χ2v) is 11.6. The van der Waals surface area contributed by atoms with Crippen LogP contribution in [0, 0.1) is 0 Å². The summed E-state index contributed by atoms with van der Waals surface area (Å²) in [5, 5.41) is 0. The number of esters is 1. The van der Waals surface area contributed by atoms with Gasteiger partial charge in [0.15, 0.2) is 0 Å². The third kappa shape index (κ3) is 5.36. The van der Waals surface area contributed by atoms with Gasteiger partial charge in [0, 0.05) is 6.42 Å². The number of amides is 2. The SMILES string of the molecule is C=CC[C@@](Cc1ccccc1)(C(=O)OC(C)(C)C)N1C(=O)[C@@H](N2C(=O)OC[C@@H]2c2ccccc2)[C@H]1c1ccccc1. The van der Waals surface area contributed by atoms with Gasteiger partial charge < -0.3 is 14.4 Å². The molecule has 0 saturated carbocycles. The minimum atomic E-state index is -1.39. The molecule has 0 N–H and O–H groups in total. The minimum absolute atomic E-state index is 0.141. The number of nitrogens with zero attached hydrogens (tertiary/aromatic N) is 2. The monoisotopic (exact) mass is 552 g/mol. The molecule has 2 aliphatic heterocycles. The van der Waals surface area contributed by atoms with Crippen molar-refractivity contribution in [3.63, 3.8) is 0 Å². The maximum atomic E-state index is 14.5. The van der Waals surface area contributed by atoms with Crippen molar-refractivity contribution in [2.75, 3.05) is 6.61 Å². The Morgan fingerprint density at radius 1 is 0.902 bits per heavy atom. The number of benzene rings is 3. The van der Waals surface area contributed by atoms with E-state index in [9.17, 15) is 14.4 Å². The van der Waals surface area contributed by atoms with Crippen LogP contribution in [0.4, 0.5) is 4.79 Å². The zero-order chi connectivity index (χ0) is 29.2. The molecule has 3 aromatic rings. The standard InChI is InChI=1S/C34H36N2O5/c1-5-21-34(31(38)41-33(2,3)4,22-24-15-9-6-10-16-24)36-28(26-19-13-8-14-20-26)29(30(36)37)35-27(23-40-32(35)39)25-17-11-7-12-18-25/h5-20,27-29H,1,21-23H2,2-4H3/t27-,28-,29+,34-/m1/s1. The first-order valence-corrected chi connectivity index (χ1v) is 13.9. The van der Waals surface area contributed by atoms with Crippen LogP contribution in [-0.4, -0.2) is 51.6 Å². The Morgan fingerprint density at radius 2 is 1.46 bits per heavy atom. The third-order valence-electron chi connectivity index (χ3n) is 7.67. The summed E-state index contributed by atoms with van der Waals surface area (Å²) >= 11 is 0. The number of cyclic esters (lactones) is 1. The zero-order valence-corrected chi connectivity index (χ0v) is 23.7. The Hall–Kier alpha value is -4.39. The molecular formula is C34H36N2O5. The highest BCUT2D eigenvalue weighted by Crippen LogP contribution is 2.49. The van der Waals surface area contributed by atoms with E-state index >= 15 is 0 Å². The van der Waals surface area contributed by atoms with Gasteiger partial charge in [-0.25, -0.2) is 9.59 Å². The summed E-state index contributed by atoms with van der Waals surface area (Å²) < 4.78 is 11.5. The van der Waals surface area contributed by atoms with E-state index in [0.717, 1.165) is 16.7 Å². The van der Waals surface area contributed by atoms with Crippen molar-refractivity contribution in [3.05, 3.63) is 120 Å². The molecule has 7 nitrogen and oxygen atoms in total. The van der Waals surface area contributed by atoms with E-state index in [1.54, 1.807) is 15.9 Å². The molecule has 2 fully saturated rings. The maximum absolute atomic E-state index is 14.5. The molecule has 0 radical (unpaired) electrons. The molecular weight excluding hydrogens is 516 g/mol. The van der Waals surface area contributed by atoms with Crippen LogP contribution in [0.15, 0.2) is 104 Å². The van der Waals surface area contributed by atoms with Crippen LogP contribution >= 0.6 is 0 Å². The fraction of sp³-hybridized carbons (Fsp3) is 0.324. The van der Waals surface area contributed by atoms with Crippen molar-refractivity contribution < 1.29 is 23.9 Å². The molecule has 0 aromatic heterocycles. The first kappa shape index (κ1) is 28.1. The molecule has 2 heterocycles. The molecule has 0 aliphatic carbocycles. The summed E-state index contributed by atoms with van der Waals surface area (Å²) in [6, 6.07) is 26.8. The van der Waals surface area contributed by atoms with Crippen LogP contribution in [0.1, 0.15) is 56.0 Å². The lowest BCUT2D eigenvalue weighted by Crippen LogP contribution is -2.75. The number of ether oxygens (including phenoxy) is 2. The first-order chi connectivity index (χ1) is 19.7. The predicted octanol–water partition coefficient (Wildman–Crippen LogP) is 6.03. The van der Waals surface area contributed by atoms with Crippen molar-refractivity contribution >= 4 is 18.0 Å². The molecule has 5 rings (SSSR count). The molecule has 2 amide bonds. The van der Waals surface area contributed by atoms with Crippen molar-refractivity contribution in [2.24, 2.45) is 0 Å². The van der Waals surface area contributed by atoms with E-state index in [-0.39, 0.29) is 25.4 Å². The number of hydrogen-bond donors (Lipinski definition) is 0. The summed E-state index contributed by atoms with van der Waals surface area (Å²) in [6.45, 7) is 9.54. The van der Waals surface area contributed by atoms with Gasteiger partial charge >= 0.3 is 12.1 Å². The number of carbonyl (C=O) groups is 3. The van der Waals surface area contributed by atoms with Gasteiger partial charge in [0.2, 0.25) is 5.91 Å². The molecule has 7 heteroatoms. The van der Waals surface area contributed by atoms with Gasteiger partial charge in [-0.1, -0.05) is 97.1 Å². The lowest BCUT2D eigenvalue weighted by molar-refractivity contribution is -0.192. The number of hydrogen-bond acceptors (Lipinski definition) is 5. The quantitative estimate of drug-likeness (QED) is 0.184. The molecule has 2 aliphatic rings. The Kier molecular flexibility index (Phi) is 7.72. The highest BCUT2D eigenvalue weighted by Gasteiger charge is 2.64. The normalized spacial score (nSPS) is 22.0. The smallest absolute Gasteiger partial charge is 0.411 e. The van der Waals surface area contributed by atoms with Gasteiger partial charge in [-0.15, -0.1) is 6.58 Å². The molecule has 41 heavy (non-hydrogen) atoms. The van der Waals surface area contributed by atoms with Gasteiger partial charge in [0.1, 0.15) is 23.8 Å². The number of likely N-dealkylation sites (tertiary alicyclic amines) is 1. The topological polar surface area (TPSA) is 76.2 Å². The van der Waals surface area contributed by atoms with E-state index in [0.29, 0.717) is 0 Å². The molecule has 0 spiro atoms. The first-order valence-electron chi connectivity index (χ1n) is 13.9. The summed E-state index contributed by atoms with van der Waals surface area (Å²) in [4.78, 5) is 45.1. The third-order valence-corrected chi connectivity index (χ3v) is 7.67. The second-order valence-electron chi connectivity index (χ2n) is 11.6. The van der Waals surface area contributed by atoms with Gasteiger partial charge in [-0.05, 0) is 43.9 Å². The van der Waals surface area contributed by atoms with Crippen molar-refractivity contribution in [1.29, 1.82) is 0 Å². The molecule has 0 unspecified atom stereocenters. The Morgan fingerprint density at radius 3 is 2.02 bits per heavy atom. The molecule has 3 aromatic carbocycles. The fourth-order valence-corrected chi connectivity index (χ4v) is 5.93. The van der Waals surface area contributed by atoms with Crippen LogP contribution in [-0.2, 0) is 25.5 Å². The van der Waals surface area contributed by atoms with Gasteiger partial charge in [-0.3, -0.25) is 9.69 Å². The van der Waals surface area contributed by atoms with E-state index in [1.807, 2.05) is 112 Å². The van der Waals surface area contributed by atoms with Crippen LogP contribution in [0.25, 0.3) is 0 Å². The largest absolute Gasteiger partial charge is 0.458 e. The lowest BCUT2D eigenvalue weighted by Gasteiger charge is -2.58. The van der Waals surface area contributed by atoms with Gasteiger partial charge in [-0.2, -0.15) is 0 Å². The van der Waals surface area contributed by atoms with Crippen LogP contribution in [0.5, 0.6) is 0 Å². The second kappa shape index (κ2) is 11.2. The van der Waals surface area contributed by atoms with E-state index < -0.39 is 41.3 Å². The van der Waals surface area contributed by atoms with Crippen molar-refractivity contribution in [1.82, 2.24) is 9.80 Å². The number of β-lactam (4-membered cyclic amide) rings is 1. The van der Waals surface area contributed by atoms with Crippen molar-refractivity contribution in [3.8, 4) is 0 Å². The van der Waals surface area contributed by atoms with Crippen LogP contribution < -0.4 is 0 Å². The minimum Gasteiger partial charge on any atom is -0.458 e. The molecule has 2 saturated heterocycles. The molecule has 0 bridgehead atoms. The fourth-order valence-electron chi connectivity index (χ4n) is 5.93. The maximum Gasteiger partial charge on any atom is 0.411 e. The molecule has 4 atom stereocenters. The average Bonchev–Trinajstić information content (AvgIpc) is 3.32. The Bertz CT molecular complexity index is 1400. The highest BCUT2D eigenvalue weighted by molar-refractivity contribution is 5.98. The van der Waals surface area contributed by atoms with E-state index in [4.69, 9.17) is 9.47 Å². The summed E-state index contributed by atoms with van der Waals surface area (Å²) in [5.41, 5.74) is 0.397. The van der Waals surface area contributed by atoms with Crippen LogP contribution in [0.3, 0.4) is 0 Å². The Balaban J connectivity index is 1.64. The van der Waals surface area contributed by atoms with Gasteiger partial charge in [0.05, 0.1) is 12.1 Å². The van der Waals surface area contributed by atoms with E-state index in [1.165, 1.54) is 0 Å².